The van der Waals surface area contributed by atoms with E-state index in [4.69, 9.17) is 16.7 Å². The van der Waals surface area contributed by atoms with Crippen LogP contribution < -0.4 is 5.56 Å². The van der Waals surface area contributed by atoms with Crippen molar-refractivity contribution >= 4 is 33.8 Å². The quantitative estimate of drug-likeness (QED) is 0.752. The van der Waals surface area contributed by atoms with E-state index in [9.17, 15) is 4.79 Å². The minimum Gasteiger partial charge on any atom is -0.340 e. The number of hydrogen-bond acceptors (Lipinski definition) is 6. The maximum atomic E-state index is 12.6. The Labute approximate surface area is 123 Å². The average molecular weight is 308 g/mol. The lowest BCUT2D eigenvalue weighted by atomic mass is 10.2. The highest BCUT2D eigenvalue weighted by molar-refractivity contribution is 7.71. The molecule has 0 unspecified atom stereocenters. The predicted octanol–water partition coefficient (Wildman–Crippen LogP) is 2.36. The Morgan fingerprint density at radius 2 is 2.30 bits per heavy atom. The Morgan fingerprint density at radius 1 is 1.50 bits per heavy atom. The molecule has 1 N–H and O–H groups in total. The fourth-order valence-electron chi connectivity index (χ4n) is 2.08. The number of thiophene rings is 1. The van der Waals surface area contributed by atoms with Crippen molar-refractivity contribution in [2.24, 2.45) is 0 Å². The molecule has 3 rings (SSSR count). The first-order chi connectivity index (χ1) is 9.58. The average Bonchev–Trinajstić information content (AvgIpc) is 2.99. The lowest BCUT2D eigenvalue weighted by Crippen LogP contribution is -2.23. The monoisotopic (exact) mass is 308 g/mol. The van der Waals surface area contributed by atoms with Crippen LogP contribution in [0.3, 0.4) is 0 Å². The SMILES string of the molecule is Cc1sc2[nH]c(=S)n(CCc3ncno3)c(=O)c2c1C. The summed E-state index contributed by atoms with van der Waals surface area (Å²) in [6.45, 7) is 4.37. The second kappa shape index (κ2) is 4.95. The summed E-state index contributed by atoms with van der Waals surface area (Å²) in [5.74, 6) is 0.490. The highest BCUT2D eigenvalue weighted by Gasteiger charge is 2.13. The summed E-state index contributed by atoms with van der Waals surface area (Å²) in [6.07, 6.45) is 1.82. The maximum Gasteiger partial charge on any atom is 0.263 e. The molecule has 0 saturated carbocycles. The molecule has 0 fully saturated rings. The molecular weight excluding hydrogens is 296 g/mol. The molecule has 3 heterocycles. The molecule has 0 atom stereocenters. The Balaban J connectivity index is 2.09. The molecule has 20 heavy (non-hydrogen) atoms. The topological polar surface area (TPSA) is 76.7 Å². The van der Waals surface area contributed by atoms with Gasteiger partial charge in [-0.3, -0.25) is 9.36 Å². The minimum atomic E-state index is -0.0647. The van der Waals surface area contributed by atoms with E-state index in [0.717, 1.165) is 15.3 Å². The van der Waals surface area contributed by atoms with Crippen LogP contribution in [0, 0.1) is 18.6 Å². The number of aromatic nitrogens is 4. The summed E-state index contributed by atoms with van der Waals surface area (Å²) in [5.41, 5.74) is 0.943. The van der Waals surface area contributed by atoms with Crippen molar-refractivity contribution in [1.82, 2.24) is 19.7 Å². The number of nitrogens with one attached hydrogen (secondary N) is 1. The van der Waals surface area contributed by atoms with Crippen LogP contribution in [0.4, 0.5) is 0 Å². The van der Waals surface area contributed by atoms with Crippen LogP contribution in [0.5, 0.6) is 0 Å². The highest BCUT2D eigenvalue weighted by Crippen LogP contribution is 2.25. The van der Waals surface area contributed by atoms with Crippen molar-refractivity contribution in [2.45, 2.75) is 26.8 Å². The molecular formula is C12H12N4O2S2. The van der Waals surface area contributed by atoms with Gasteiger partial charge in [0.1, 0.15) is 4.83 Å². The maximum absolute atomic E-state index is 12.6. The first-order valence-corrected chi connectivity index (χ1v) is 7.28. The van der Waals surface area contributed by atoms with Crippen LogP contribution in [0.1, 0.15) is 16.3 Å². The fraction of sp³-hybridized carbons (Fsp3) is 0.333. The number of fused-ring (bicyclic) bond motifs is 1. The minimum absolute atomic E-state index is 0.0647. The zero-order valence-electron chi connectivity index (χ0n) is 11.0. The zero-order chi connectivity index (χ0) is 14.3. The molecule has 3 aromatic rings. The zero-order valence-corrected chi connectivity index (χ0v) is 12.6. The largest absolute Gasteiger partial charge is 0.340 e. The van der Waals surface area contributed by atoms with Gasteiger partial charge >= 0.3 is 0 Å². The van der Waals surface area contributed by atoms with E-state index in [2.05, 4.69) is 15.1 Å². The molecule has 8 heteroatoms. The van der Waals surface area contributed by atoms with Crippen molar-refractivity contribution in [1.29, 1.82) is 0 Å². The molecule has 0 aliphatic carbocycles. The second-order valence-electron chi connectivity index (χ2n) is 4.46. The van der Waals surface area contributed by atoms with Gasteiger partial charge in [0.25, 0.3) is 5.56 Å². The molecule has 104 valence electrons. The normalized spacial score (nSPS) is 11.3. The van der Waals surface area contributed by atoms with Gasteiger partial charge in [-0.1, -0.05) is 5.16 Å². The fourth-order valence-corrected chi connectivity index (χ4v) is 3.47. The molecule has 0 spiro atoms. The summed E-state index contributed by atoms with van der Waals surface area (Å²) in [5, 5.41) is 4.26. The van der Waals surface area contributed by atoms with Gasteiger partial charge in [0, 0.05) is 17.8 Å². The summed E-state index contributed by atoms with van der Waals surface area (Å²) in [7, 11) is 0. The van der Waals surface area contributed by atoms with E-state index < -0.39 is 0 Å². The van der Waals surface area contributed by atoms with Crippen molar-refractivity contribution in [3.8, 4) is 0 Å². The van der Waals surface area contributed by atoms with Crippen LogP contribution >= 0.6 is 23.6 Å². The number of rotatable bonds is 3. The third-order valence-corrected chi connectivity index (χ3v) is 4.71. The molecule has 3 aromatic heterocycles. The van der Waals surface area contributed by atoms with Crippen molar-refractivity contribution in [2.75, 3.05) is 0 Å². The van der Waals surface area contributed by atoms with E-state index in [1.54, 1.807) is 15.9 Å². The lowest BCUT2D eigenvalue weighted by Gasteiger charge is -2.04. The third kappa shape index (κ3) is 2.10. The number of nitrogens with zero attached hydrogens (tertiary/aromatic N) is 3. The Bertz CT molecular complexity index is 873. The van der Waals surface area contributed by atoms with E-state index in [0.29, 0.717) is 29.0 Å². The lowest BCUT2D eigenvalue weighted by molar-refractivity contribution is 0.369. The summed E-state index contributed by atoms with van der Waals surface area (Å²) in [4.78, 5) is 21.6. The first kappa shape index (κ1) is 13.2. The molecule has 0 aliphatic heterocycles. The van der Waals surface area contributed by atoms with Crippen LogP contribution in [0.25, 0.3) is 10.2 Å². The van der Waals surface area contributed by atoms with Crippen LogP contribution in [0.2, 0.25) is 0 Å². The van der Waals surface area contributed by atoms with Crippen molar-refractivity contribution in [3.63, 3.8) is 0 Å². The molecule has 0 amide bonds. The van der Waals surface area contributed by atoms with Gasteiger partial charge in [-0.05, 0) is 31.6 Å². The van der Waals surface area contributed by atoms with Gasteiger partial charge in [0.2, 0.25) is 5.89 Å². The van der Waals surface area contributed by atoms with Crippen molar-refractivity contribution < 1.29 is 4.52 Å². The smallest absolute Gasteiger partial charge is 0.263 e. The van der Waals surface area contributed by atoms with Gasteiger partial charge in [0.15, 0.2) is 11.1 Å². The van der Waals surface area contributed by atoms with Crippen LogP contribution in [-0.2, 0) is 13.0 Å². The number of aryl methyl sites for hydroxylation is 3. The van der Waals surface area contributed by atoms with Gasteiger partial charge in [-0.15, -0.1) is 11.3 Å². The molecule has 0 aromatic carbocycles. The highest BCUT2D eigenvalue weighted by atomic mass is 32.1. The van der Waals surface area contributed by atoms with Gasteiger partial charge < -0.3 is 9.51 Å². The Hall–Kier alpha value is -1.80. The van der Waals surface area contributed by atoms with Crippen LogP contribution in [0.15, 0.2) is 15.6 Å². The van der Waals surface area contributed by atoms with Gasteiger partial charge in [-0.25, -0.2) is 0 Å². The van der Waals surface area contributed by atoms with E-state index in [-0.39, 0.29) is 5.56 Å². The molecule has 0 aliphatic rings. The van der Waals surface area contributed by atoms with Gasteiger partial charge in [-0.2, -0.15) is 4.98 Å². The predicted molar refractivity (Wildman–Crippen MR) is 78.7 cm³/mol. The molecule has 6 nitrogen and oxygen atoms in total. The van der Waals surface area contributed by atoms with E-state index in [1.165, 1.54) is 6.33 Å². The Morgan fingerprint density at radius 3 is 3.00 bits per heavy atom. The number of hydrogen-bond donors (Lipinski definition) is 1. The van der Waals surface area contributed by atoms with E-state index >= 15 is 0 Å². The summed E-state index contributed by atoms with van der Waals surface area (Å²) >= 11 is 6.82. The van der Waals surface area contributed by atoms with Gasteiger partial charge in [0.05, 0.1) is 5.39 Å². The molecule has 0 radical (unpaired) electrons. The first-order valence-electron chi connectivity index (χ1n) is 6.06. The summed E-state index contributed by atoms with van der Waals surface area (Å²) < 4.78 is 6.89. The third-order valence-electron chi connectivity index (χ3n) is 3.27. The van der Waals surface area contributed by atoms with Crippen LogP contribution in [-0.4, -0.2) is 19.7 Å². The number of H-pyrrole nitrogens is 1. The Kier molecular flexibility index (Phi) is 3.27. The summed E-state index contributed by atoms with van der Waals surface area (Å²) in [6, 6.07) is 0. The molecule has 0 bridgehead atoms. The second-order valence-corrected chi connectivity index (χ2v) is 6.07. The standard InChI is InChI=1S/C12H12N4O2S2/c1-6-7(2)20-10-9(6)11(17)16(12(19)15-10)4-3-8-13-5-14-18-8/h5H,3-4H2,1-2H3,(H,15,19). The number of aromatic amines is 1. The van der Waals surface area contributed by atoms with E-state index in [1.807, 2.05) is 13.8 Å². The van der Waals surface area contributed by atoms with Crippen molar-refractivity contribution in [3.05, 3.63) is 37.8 Å². The molecule has 0 saturated heterocycles.